The SMILES string of the molecule is CN(C)c1ccc(SC(CCc2ccc(Cl)cc2)Cn2ccnc2)cc1. The molecule has 3 aromatic rings. The van der Waals surface area contributed by atoms with Gasteiger partial charge < -0.3 is 9.47 Å². The number of rotatable bonds is 8. The van der Waals surface area contributed by atoms with Gasteiger partial charge in [-0.1, -0.05) is 23.7 Å². The number of imidazole rings is 1. The zero-order valence-corrected chi connectivity index (χ0v) is 16.7. The highest BCUT2D eigenvalue weighted by Crippen LogP contribution is 2.29. The van der Waals surface area contributed by atoms with Gasteiger partial charge in [0.05, 0.1) is 6.33 Å². The van der Waals surface area contributed by atoms with E-state index in [9.17, 15) is 0 Å². The Morgan fingerprint density at radius 3 is 2.42 bits per heavy atom. The van der Waals surface area contributed by atoms with Crippen molar-refractivity contribution in [1.29, 1.82) is 0 Å². The van der Waals surface area contributed by atoms with Crippen LogP contribution in [0.15, 0.2) is 72.1 Å². The summed E-state index contributed by atoms with van der Waals surface area (Å²) in [6.07, 6.45) is 7.90. The molecule has 1 unspecified atom stereocenters. The average Bonchev–Trinajstić information content (AvgIpc) is 3.14. The van der Waals surface area contributed by atoms with E-state index in [0.717, 1.165) is 24.4 Å². The molecule has 136 valence electrons. The van der Waals surface area contributed by atoms with E-state index in [1.807, 2.05) is 42.6 Å². The molecule has 0 radical (unpaired) electrons. The molecule has 0 saturated carbocycles. The third-order valence-corrected chi connectivity index (χ3v) is 5.81. The van der Waals surface area contributed by atoms with Crippen LogP contribution in [0.25, 0.3) is 0 Å². The van der Waals surface area contributed by atoms with Crippen molar-refractivity contribution in [3.05, 3.63) is 77.8 Å². The lowest BCUT2D eigenvalue weighted by atomic mass is 10.1. The first-order valence-electron chi connectivity index (χ1n) is 8.74. The molecule has 0 N–H and O–H groups in total. The van der Waals surface area contributed by atoms with Crippen molar-refractivity contribution in [3.63, 3.8) is 0 Å². The minimum absolute atomic E-state index is 0.477. The number of aryl methyl sites for hydroxylation is 1. The monoisotopic (exact) mass is 385 g/mol. The minimum atomic E-state index is 0.477. The van der Waals surface area contributed by atoms with Crippen LogP contribution in [-0.4, -0.2) is 28.9 Å². The topological polar surface area (TPSA) is 21.1 Å². The van der Waals surface area contributed by atoms with Crippen LogP contribution in [0.4, 0.5) is 5.69 Å². The second-order valence-electron chi connectivity index (χ2n) is 6.55. The number of benzene rings is 2. The first-order valence-corrected chi connectivity index (χ1v) is 10.00. The highest BCUT2D eigenvalue weighted by Gasteiger charge is 2.12. The first-order chi connectivity index (χ1) is 12.6. The molecule has 0 amide bonds. The van der Waals surface area contributed by atoms with Crippen molar-refractivity contribution in [1.82, 2.24) is 9.55 Å². The van der Waals surface area contributed by atoms with Crippen LogP contribution in [0.2, 0.25) is 5.02 Å². The maximum Gasteiger partial charge on any atom is 0.0946 e. The Kier molecular flexibility index (Phi) is 6.64. The fourth-order valence-corrected chi connectivity index (χ4v) is 4.10. The number of anilines is 1. The average molecular weight is 386 g/mol. The molecular weight excluding hydrogens is 362 g/mol. The normalized spacial score (nSPS) is 12.1. The molecule has 0 bridgehead atoms. The summed E-state index contributed by atoms with van der Waals surface area (Å²) in [7, 11) is 4.13. The van der Waals surface area contributed by atoms with Gasteiger partial charge in [-0.05, 0) is 54.8 Å². The summed E-state index contributed by atoms with van der Waals surface area (Å²) in [5, 5.41) is 1.27. The Balaban J connectivity index is 1.67. The van der Waals surface area contributed by atoms with Gasteiger partial charge in [0, 0.05) is 53.9 Å². The molecule has 1 atom stereocenters. The van der Waals surface area contributed by atoms with Crippen molar-refractivity contribution in [2.75, 3.05) is 19.0 Å². The summed E-state index contributed by atoms with van der Waals surface area (Å²) in [4.78, 5) is 7.60. The van der Waals surface area contributed by atoms with Crippen LogP contribution < -0.4 is 4.90 Å². The highest BCUT2D eigenvalue weighted by atomic mass is 35.5. The summed E-state index contributed by atoms with van der Waals surface area (Å²) < 4.78 is 2.16. The highest BCUT2D eigenvalue weighted by molar-refractivity contribution is 8.00. The van der Waals surface area contributed by atoms with E-state index in [0.29, 0.717) is 5.25 Å². The van der Waals surface area contributed by atoms with E-state index in [-0.39, 0.29) is 0 Å². The van der Waals surface area contributed by atoms with Gasteiger partial charge in [0.2, 0.25) is 0 Å². The Bertz CT molecular complexity index is 783. The lowest BCUT2D eigenvalue weighted by Crippen LogP contribution is -2.13. The van der Waals surface area contributed by atoms with Crippen LogP contribution in [0.3, 0.4) is 0 Å². The van der Waals surface area contributed by atoms with E-state index in [2.05, 4.69) is 64.9 Å². The predicted octanol–water partition coefficient (Wildman–Crippen LogP) is 5.40. The van der Waals surface area contributed by atoms with Crippen LogP contribution in [0, 0.1) is 0 Å². The fourth-order valence-electron chi connectivity index (χ4n) is 2.81. The number of aromatic nitrogens is 2. The molecule has 1 heterocycles. The summed E-state index contributed by atoms with van der Waals surface area (Å²) in [5.74, 6) is 0. The van der Waals surface area contributed by atoms with Gasteiger partial charge >= 0.3 is 0 Å². The molecule has 3 rings (SSSR count). The van der Waals surface area contributed by atoms with Gasteiger partial charge in [-0.15, -0.1) is 11.8 Å². The van der Waals surface area contributed by atoms with Crippen molar-refractivity contribution in [2.24, 2.45) is 0 Å². The Hall–Kier alpha value is -1.91. The number of hydrogen-bond acceptors (Lipinski definition) is 3. The van der Waals surface area contributed by atoms with E-state index in [1.165, 1.54) is 16.1 Å². The van der Waals surface area contributed by atoms with Crippen molar-refractivity contribution < 1.29 is 0 Å². The lowest BCUT2D eigenvalue weighted by Gasteiger charge is -2.18. The molecule has 3 nitrogen and oxygen atoms in total. The van der Waals surface area contributed by atoms with Gasteiger partial charge in [0.25, 0.3) is 0 Å². The standard InChI is InChI=1S/C21H24ClN3S/c1-24(2)19-8-11-20(12-9-19)26-21(15-25-14-13-23-16-25)10-5-17-3-6-18(22)7-4-17/h3-4,6-9,11-14,16,21H,5,10,15H2,1-2H3. The summed E-state index contributed by atoms with van der Waals surface area (Å²) >= 11 is 7.93. The quantitative estimate of drug-likeness (QED) is 0.484. The zero-order chi connectivity index (χ0) is 18.4. The maximum atomic E-state index is 5.99. The van der Waals surface area contributed by atoms with Gasteiger partial charge in [-0.25, -0.2) is 4.98 Å². The molecule has 0 saturated heterocycles. The zero-order valence-electron chi connectivity index (χ0n) is 15.2. The molecular formula is C21H24ClN3S. The predicted molar refractivity (Wildman–Crippen MR) is 112 cm³/mol. The van der Waals surface area contributed by atoms with Gasteiger partial charge in [0.1, 0.15) is 0 Å². The second kappa shape index (κ2) is 9.15. The summed E-state index contributed by atoms with van der Waals surface area (Å²) in [6.45, 7) is 0.952. The third-order valence-electron chi connectivity index (χ3n) is 4.30. The molecule has 0 fully saturated rings. The number of thioether (sulfide) groups is 1. The second-order valence-corrected chi connectivity index (χ2v) is 8.36. The number of hydrogen-bond donors (Lipinski definition) is 0. The van der Waals surface area contributed by atoms with Gasteiger partial charge in [-0.2, -0.15) is 0 Å². The third kappa shape index (κ3) is 5.55. The van der Waals surface area contributed by atoms with Crippen molar-refractivity contribution in [2.45, 2.75) is 29.5 Å². The molecule has 26 heavy (non-hydrogen) atoms. The molecule has 2 aromatic carbocycles. The molecule has 1 aromatic heterocycles. The Labute approximate surface area is 165 Å². The van der Waals surface area contributed by atoms with Gasteiger partial charge in [0.15, 0.2) is 0 Å². The first kappa shape index (κ1) is 18.9. The fraction of sp³-hybridized carbons (Fsp3) is 0.286. The minimum Gasteiger partial charge on any atom is -0.378 e. The van der Waals surface area contributed by atoms with Crippen LogP contribution in [-0.2, 0) is 13.0 Å². The van der Waals surface area contributed by atoms with Crippen molar-refractivity contribution >= 4 is 29.1 Å². The Morgan fingerprint density at radius 2 is 1.81 bits per heavy atom. The van der Waals surface area contributed by atoms with E-state index < -0.39 is 0 Å². The molecule has 0 aliphatic rings. The molecule has 0 spiro atoms. The van der Waals surface area contributed by atoms with Crippen LogP contribution in [0.5, 0.6) is 0 Å². The summed E-state index contributed by atoms with van der Waals surface area (Å²) in [6, 6.07) is 16.9. The van der Waals surface area contributed by atoms with Gasteiger partial charge in [-0.3, -0.25) is 0 Å². The van der Waals surface area contributed by atoms with Crippen molar-refractivity contribution in [3.8, 4) is 0 Å². The van der Waals surface area contributed by atoms with E-state index >= 15 is 0 Å². The number of halogens is 1. The maximum absolute atomic E-state index is 5.99. The number of nitrogens with zero attached hydrogens (tertiary/aromatic N) is 3. The molecule has 5 heteroatoms. The summed E-state index contributed by atoms with van der Waals surface area (Å²) in [5.41, 5.74) is 2.55. The molecule has 0 aliphatic heterocycles. The smallest absolute Gasteiger partial charge is 0.0946 e. The Morgan fingerprint density at radius 1 is 1.08 bits per heavy atom. The molecule has 0 aliphatic carbocycles. The van der Waals surface area contributed by atoms with E-state index in [1.54, 1.807) is 0 Å². The lowest BCUT2D eigenvalue weighted by molar-refractivity contribution is 0.624. The van der Waals surface area contributed by atoms with Crippen LogP contribution in [0.1, 0.15) is 12.0 Å². The van der Waals surface area contributed by atoms with E-state index in [4.69, 9.17) is 11.6 Å². The van der Waals surface area contributed by atoms with Crippen LogP contribution >= 0.6 is 23.4 Å². The largest absolute Gasteiger partial charge is 0.378 e.